The fourth-order valence-corrected chi connectivity index (χ4v) is 1.12. The molecule has 12 heavy (non-hydrogen) atoms. The second-order valence-corrected chi connectivity index (χ2v) is 3.84. The molecule has 0 amide bonds. The Labute approximate surface area is 77.8 Å². The van der Waals surface area contributed by atoms with Crippen molar-refractivity contribution in [1.29, 1.82) is 0 Å². The topological polar surface area (TPSA) is 38.9 Å². The fraction of sp³-hybridized carbons (Fsp3) is 0.444. The molecule has 1 aromatic rings. The number of hydrogen-bond acceptors (Lipinski definition) is 2. The largest absolute Gasteiger partial charge is 0.330 e. The minimum atomic E-state index is -0.0212. The van der Waals surface area contributed by atoms with Crippen molar-refractivity contribution in [3.05, 3.63) is 29.0 Å². The second-order valence-electron chi connectivity index (χ2n) is 3.46. The molecule has 0 bridgehead atoms. The van der Waals surface area contributed by atoms with Gasteiger partial charge in [0.2, 0.25) is 0 Å². The van der Waals surface area contributed by atoms with Crippen molar-refractivity contribution >= 4 is 11.6 Å². The van der Waals surface area contributed by atoms with Crippen LogP contribution in [0.4, 0.5) is 0 Å². The van der Waals surface area contributed by atoms with Gasteiger partial charge in [-0.2, -0.15) is 0 Å². The first kappa shape index (κ1) is 9.49. The van der Waals surface area contributed by atoms with Crippen molar-refractivity contribution in [3.63, 3.8) is 0 Å². The molecule has 0 aliphatic carbocycles. The minimum Gasteiger partial charge on any atom is -0.330 e. The van der Waals surface area contributed by atoms with Gasteiger partial charge in [0.05, 0.1) is 0 Å². The van der Waals surface area contributed by atoms with Crippen LogP contribution in [0.15, 0.2) is 18.3 Å². The molecule has 2 N–H and O–H groups in total. The Morgan fingerprint density at radius 2 is 2.25 bits per heavy atom. The van der Waals surface area contributed by atoms with Crippen molar-refractivity contribution < 1.29 is 0 Å². The molecule has 1 heterocycles. The van der Waals surface area contributed by atoms with Gasteiger partial charge in [-0.15, -0.1) is 0 Å². The highest BCUT2D eigenvalue weighted by atomic mass is 35.5. The zero-order chi connectivity index (χ0) is 9.19. The Kier molecular flexibility index (Phi) is 2.70. The molecule has 0 aliphatic heterocycles. The van der Waals surface area contributed by atoms with Gasteiger partial charge in [0.25, 0.3) is 0 Å². The van der Waals surface area contributed by atoms with Crippen molar-refractivity contribution in [2.75, 3.05) is 6.54 Å². The maximum Gasteiger partial charge on any atom is 0.129 e. The lowest BCUT2D eigenvalue weighted by Crippen LogP contribution is -2.28. The Morgan fingerprint density at radius 1 is 1.58 bits per heavy atom. The summed E-state index contributed by atoms with van der Waals surface area (Å²) in [5.74, 6) is 0. The van der Waals surface area contributed by atoms with Crippen LogP contribution >= 0.6 is 11.6 Å². The molecule has 0 spiro atoms. The molecule has 0 radical (unpaired) electrons. The van der Waals surface area contributed by atoms with Crippen LogP contribution in [0.25, 0.3) is 0 Å². The van der Waals surface area contributed by atoms with Crippen LogP contribution in [0.1, 0.15) is 19.4 Å². The normalized spacial score (nSPS) is 11.7. The Morgan fingerprint density at radius 3 is 2.75 bits per heavy atom. The molecule has 0 saturated heterocycles. The summed E-state index contributed by atoms with van der Waals surface area (Å²) in [5.41, 5.74) is 6.73. The van der Waals surface area contributed by atoms with E-state index in [-0.39, 0.29) is 5.41 Å². The first-order valence-corrected chi connectivity index (χ1v) is 4.26. The van der Waals surface area contributed by atoms with E-state index >= 15 is 0 Å². The van der Waals surface area contributed by atoms with Gasteiger partial charge in [-0.3, -0.25) is 0 Å². The zero-order valence-corrected chi connectivity index (χ0v) is 8.10. The van der Waals surface area contributed by atoms with Gasteiger partial charge in [0, 0.05) is 18.2 Å². The summed E-state index contributed by atoms with van der Waals surface area (Å²) in [6, 6.07) is 3.80. The maximum atomic E-state index is 5.76. The third-order valence-electron chi connectivity index (χ3n) is 2.02. The van der Waals surface area contributed by atoms with Crippen LogP contribution in [-0.4, -0.2) is 11.5 Å². The molecule has 1 rings (SSSR count). The molecule has 0 aliphatic rings. The Bertz CT molecular complexity index is 271. The van der Waals surface area contributed by atoms with E-state index in [0.29, 0.717) is 11.7 Å². The van der Waals surface area contributed by atoms with Crippen molar-refractivity contribution in [3.8, 4) is 0 Å². The fourth-order valence-electron chi connectivity index (χ4n) is 0.941. The summed E-state index contributed by atoms with van der Waals surface area (Å²) < 4.78 is 0. The quantitative estimate of drug-likeness (QED) is 0.714. The maximum absolute atomic E-state index is 5.76. The van der Waals surface area contributed by atoms with Gasteiger partial charge < -0.3 is 5.73 Å². The van der Waals surface area contributed by atoms with Crippen LogP contribution in [0.5, 0.6) is 0 Å². The standard InChI is InChI=1S/C9H13ClN2/c1-9(2,6-11)7-3-4-12-8(10)5-7/h3-5H,6,11H2,1-2H3. The molecule has 2 nitrogen and oxygen atoms in total. The third-order valence-corrected chi connectivity index (χ3v) is 2.23. The van der Waals surface area contributed by atoms with Gasteiger partial charge in [-0.25, -0.2) is 4.98 Å². The average Bonchev–Trinajstić information content (AvgIpc) is 2.05. The van der Waals surface area contributed by atoms with Crippen LogP contribution in [0, 0.1) is 0 Å². The highest BCUT2D eigenvalue weighted by Crippen LogP contribution is 2.22. The number of nitrogens with two attached hydrogens (primary N) is 1. The molecule has 3 heteroatoms. The number of nitrogens with zero attached hydrogens (tertiary/aromatic N) is 1. The van der Waals surface area contributed by atoms with Crippen LogP contribution in [0.3, 0.4) is 0 Å². The molecular formula is C9H13ClN2. The summed E-state index contributed by atoms with van der Waals surface area (Å²) >= 11 is 5.76. The molecule has 0 fully saturated rings. The first-order valence-electron chi connectivity index (χ1n) is 3.88. The number of hydrogen-bond donors (Lipinski definition) is 1. The number of rotatable bonds is 2. The summed E-state index contributed by atoms with van der Waals surface area (Å²) in [5, 5.41) is 0.522. The van der Waals surface area contributed by atoms with Gasteiger partial charge in [0.15, 0.2) is 0 Å². The van der Waals surface area contributed by atoms with E-state index in [0.717, 1.165) is 5.56 Å². The van der Waals surface area contributed by atoms with Crippen LogP contribution in [-0.2, 0) is 5.41 Å². The highest BCUT2D eigenvalue weighted by molar-refractivity contribution is 6.29. The Balaban J connectivity index is 3.03. The highest BCUT2D eigenvalue weighted by Gasteiger charge is 2.18. The molecule has 1 aromatic heterocycles. The van der Waals surface area contributed by atoms with E-state index in [4.69, 9.17) is 17.3 Å². The first-order chi connectivity index (χ1) is 5.56. The molecule has 66 valence electrons. The van der Waals surface area contributed by atoms with Gasteiger partial charge in [-0.1, -0.05) is 25.4 Å². The summed E-state index contributed by atoms with van der Waals surface area (Å²) in [6.45, 7) is 4.77. The summed E-state index contributed by atoms with van der Waals surface area (Å²) in [4.78, 5) is 3.91. The molecule has 0 atom stereocenters. The second kappa shape index (κ2) is 3.42. The number of aromatic nitrogens is 1. The SMILES string of the molecule is CC(C)(CN)c1ccnc(Cl)c1. The van der Waals surface area contributed by atoms with Crippen molar-refractivity contribution in [2.45, 2.75) is 19.3 Å². The third kappa shape index (κ3) is 1.96. The lowest BCUT2D eigenvalue weighted by atomic mass is 9.86. The molecule has 0 aromatic carbocycles. The molecular weight excluding hydrogens is 172 g/mol. The minimum absolute atomic E-state index is 0.0212. The molecule has 0 saturated carbocycles. The van der Waals surface area contributed by atoms with E-state index in [1.165, 1.54) is 0 Å². The van der Waals surface area contributed by atoms with E-state index in [1.54, 1.807) is 6.20 Å². The average molecular weight is 185 g/mol. The summed E-state index contributed by atoms with van der Waals surface area (Å²) in [6.07, 6.45) is 1.70. The molecule has 0 unspecified atom stereocenters. The lowest BCUT2D eigenvalue weighted by molar-refractivity contribution is 0.538. The van der Waals surface area contributed by atoms with E-state index < -0.39 is 0 Å². The van der Waals surface area contributed by atoms with Crippen LogP contribution in [0.2, 0.25) is 5.15 Å². The van der Waals surface area contributed by atoms with E-state index in [1.807, 2.05) is 12.1 Å². The zero-order valence-electron chi connectivity index (χ0n) is 7.34. The monoisotopic (exact) mass is 184 g/mol. The van der Waals surface area contributed by atoms with Gasteiger partial charge in [-0.05, 0) is 17.7 Å². The van der Waals surface area contributed by atoms with Gasteiger partial charge >= 0.3 is 0 Å². The predicted molar refractivity (Wildman–Crippen MR) is 51.3 cm³/mol. The number of pyridine rings is 1. The van der Waals surface area contributed by atoms with E-state index in [9.17, 15) is 0 Å². The van der Waals surface area contributed by atoms with Crippen molar-refractivity contribution in [2.24, 2.45) is 5.73 Å². The van der Waals surface area contributed by atoms with Gasteiger partial charge in [0.1, 0.15) is 5.15 Å². The Hall–Kier alpha value is -0.600. The number of halogens is 1. The lowest BCUT2D eigenvalue weighted by Gasteiger charge is -2.22. The van der Waals surface area contributed by atoms with Crippen LogP contribution < -0.4 is 5.73 Å². The smallest absolute Gasteiger partial charge is 0.129 e. The van der Waals surface area contributed by atoms with Crippen molar-refractivity contribution in [1.82, 2.24) is 4.98 Å². The predicted octanol–water partition coefficient (Wildman–Crippen LogP) is 1.97. The van der Waals surface area contributed by atoms with E-state index in [2.05, 4.69) is 18.8 Å². The summed E-state index contributed by atoms with van der Waals surface area (Å²) in [7, 11) is 0.